The Labute approximate surface area is 279 Å². The van der Waals surface area contributed by atoms with Gasteiger partial charge in [0.05, 0.1) is 17.0 Å². The van der Waals surface area contributed by atoms with Crippen LogP contribution in [0.5, 0.6) is 0 Å². The van der Waals surface area contributed by atoms with Crippen LogP contribution in [-0.2, 0) is 32.6 Å². The molecule has 0 radical (unpaired) electrons. The van der Waals surface area contributed by atoms with E-state index < -0.39 is 16.1 Å². The number of hydrogen-bond donors (Lipinski definition) is 1. The highest BCUT2D eigenvalue weighted by Crippen LogP contribution is 2.31. The van der Waals surface area contributed by atoms with Crippen LogP contribution in [0.3, 0.4) is 0 Å². The number of anilines is 1. The van der Waals surface area contributed by atoms with E-state index in [1.165, 1.54) is 10.4 Å². The van der Waals surface area contributed by atoms with E-state index in [0.29, 0.717) is 11.4 Å². The van der Waals surface area contributed by atoms with Gasteiger partial charge in [0.25, 0.3) is 0 Å². The van der Waals surface area contributed by atoms with Crippen LogP contribution in [0.25, 0.3) is 0 Å². The summed E-state index contributed by atoms with van der Waals surface area (Å²) in [7, 11) is -3.72. The van der Waals surface area contributed by atoms with Crippen LogP contribution >= 0.6 is 39.1 Å². The number of carbonyl (C=O) groups excluding carboxylic acids is 2. The van der Waals surface area contributed by atoms with Gasteiger partial charge in [0.2, 0.25) is 21.8 Å². The van der Waals surface area contributed by atoms with E-state index in [2.05, 4.69) is 21.2 Å². The number of nitrogens with one attached hydrogen (secondary N) is 1. The summed E-state index contributed by atoms with van der Waals surface area (Å²) in [5.41, 5.74) is 2.08. The molecule has 2 amide bonds. The Morgan fingerprint density at radius 2 is 1.66 bits per heavy atom. The molecule has 0 heterocycles. The largest absolute Gasteiger partial charge is 0.352 e. The van der Waals surface area contributed by atoms with Crippen molar-refractivity contribution in [2.75, 3.05) is 17.1 Å². The van der Waals surface area contributed by atoms with E-state index in [9.17, 15) is 18.0 Å². The second kappa shape index (κ2) is 16.1. The Morgan fingerprint density at radius 3 is 2.34 bits per heavy atom. The first-order valence-corrected chi connectivity index (χ1v) is 18.2. The van der Waals surface area contributed by atoms with Crippen molar-refractivity contribution in [3.63, 3.8) is 0 Å². The molecule has 1 saturated carbocycles. The van der Waals surface area contributed by atoms with Crippen molar-refractivity contribution in [3.05, 3.63) is 98.4 Å². The maximum Gasteiger partial charge on any atom is 0.243 e. The average Bonchev–Trinajstić information content (AvgIpc) is 2.99. The van der Waals surface area contributed by atoms with Gasteiger partial charge in [0.1, 0.15) is 6.04 Å². The number of halogens is 3. The Hall–Kier alpha value is -2.59. The number of amides is 2. The summed E-state index contributed by atoms with van der Waals surface area (Å²) in [5, 5.41) is 3.83. The van der Waals surface area contributed by atoms with Gasteiger partial charge in [-0.25, -0.2) is 8.42 Å². The quantitative estimate of drug-likeness (QED) is 0.199. The maximum absolute atomic E-state index is 14.1. The molecular weight excluding hydrogens is 685 g/mol. The monoisotopic (exact) mass is 721 g/mol. The molecule has 236 valence electrons. The van der Waals surface area contributed by atoms with Crippen LogP contribution in [0, 0.1) is 0 Å². The molecule has 3 aromatic carbocycles. The van der Waals surface area contributed by atoms with Gasteiger partial charge in [-0.3, -0.25) is 13.9 Å². The zero-order chi connectivity index (χ0) is 31.7. The van der Waals surface area contributed by atoms with Crippen molar-refractivity contribution in [3.8, 4) is 0 Å². The third-order valence-electron chi connectivity index (χ3n) is 7.79. The molecule has 0 aliphatic heterocycles. The van der Waals surface area contributed by atoms with Crippen LogP contribution < -0.4 is 9.62 Å². The smallest absolute Gasteiger partial charge is 0.243 e. The standard InChI is InChI=1S/C33H38BrCl2N3O4S/c1-44(42,43)39(30-22-27(35)17-18-29(30)36)19-9-16-32(40)38(23-25-12-8-13-26(34)20-25)31(21-24-10-4-2-5-11-24)33(41)37-28-14-6-3-7-15-28/h2,4-5,8,10-13,17-18,20,22,28,31H,3,6-7,9,14-16,19,21,23H2,1H3,(H,37,41)/t31-/m1/s1. The predicted molar refractivity (Wildman–Crippen MR) is 182 cm³/mol. The van der Waals surface area contributed by atoms with Gasteiger partial charge < -0.3 is 10.2 Å². The summed E-state index contributed by atoms with van der Waals surface area (Å²) < 4.78 is 27.5. The van der Waals surface area contributed by atoms with Crippen LogP contribution in [0.1, 0.15) is 56.1 Å². The molecule has 3 aromatic rings. The zero-order valence-electron chi connectivity index (χ0n) is 24.7. The molecule has 44 heavy (non-hydrogen) atoms. The van der Waals surface area contributed by atoms with Gasteiger partial charge in [-0.15, -0.1) is 0 Å². The summed E-state index contributed by atoms with van der Waals surface area (Å²) in [6.07, 6.45) is 6.85. The second-order valence-electron chi connectivity index (χ2n) is 11.2. The number of benzene rings is 3. The van der Waals surface area contributed by atoms with Crippen LogP contribution in [-0.4, -0.2) is 50.0 Å². The Kier molecular flexibility index (Phi) is 12.6. The highest BCUT2D eigenvalue weighted by atomic mass is 79.9. The number of carbonyl (C=O) groups is 2. The van der Waals surface area contributed by atoms with Gasteiger partial charge in [-0.05, 0) is 60.7 Å². The van der Waals surface area contributed by atoms with E-state index in [-0.39, 0.29) is 54.5 Å². The fourth-order valence-corrected chi connectivity index (χ4v) is 7.44. The summed E-state index contributed by atoms with van der Waals surface area (Å²) in [6, 6.07) is 21.3. The zero-order valence-corrected chi connectivity index (χ0v) is 28.6. The molecule has 1 fully saturated rings. The molecule has 7 nitrogen and oxygen atoms in total. The minimum absolute atomic E-state index is 0.0208. The van der Waals surface area contributed by atoms with E-state index >= 15 is 0 Å². The first kappa shape index (κ1) is 34.3. The normalized spacial score (nSPS) is 14.5. The van der Waals surface area contributed by atoms with E-state index in [1.807, 2.05) is 54.6 Å². The maximum atomic E-state index is 14.1. The SMILES string of the molecule is CS(=O)(=O)N(CCCC(=O)N(Cc1cccc(Br)c1)[C@H](Cc1ccccc1)C(=O)NC1CCCCC1)c1cc(Cl)ccc1Cl. The minimum Gasteiger partial charge on any atom is -0.352 e. The Morgan fingerprint density at radius 1 is 0.955 bits per heavy atom. The third kappa shape index (κ3) is 9.96. The topological polar surface area (TPSA) is 86.8 Å². The molecule has 0 saturated heterocycles. The van der Waals surface area contributed by atoms with Crippen molar-refractivity contribution >= 4 is 66.7 Å². The van der Waals surface area contributed by atoms with Gasteiger partial charge in [-0.1, -0.05) is 101 Å². The van der Waals surface area contributed by atoms with Crippen molar-refractivity contribution < 1.29 is 18.0 Å². The highest BCUT2D eigenvalue weighted by Gasteiger charge is 2.32. The summed E-state index contributed by atoms with van der Waals surface area (Å²) in [5.74, 6) is -0.414. The lowest BCUT2D eigenvalue weighted by molar-refractivity contribution is -0.141. The molecule has 4 rings (SSSR count). The van der Waals surface area contributed by atoms with E-state index in [4.69, 9.17) is 23.2 Å². The molecule has 1 atom stereocenters. The number of hydrogen-bond acceptors (Lipinski definition) is 4. The molecule has 11 heteroatoms. The lowest BCUT2D eigenvalue weighted by Crippen LogP contribution is -2.52. The highest BCUT2D eigenvalue weighted by molar-refractivity contribution is 9.10. The van der Waals surface area contributed by atoms with E-state index in [0.717, 1.165) is 54.0 Å². The molecule has 0 unspecified atom stereocenters. The summed E-state index contributed by atoms with van der Waals surface area (Å²) in [4.78, 5) is 29.7. The number of rotatable bonds is 13. The second-order valence-corrected chi connectivity index (χ2v) is 14.9. The van der Waals surface area contributed by atoms with Gasteiger partial charge >= 0.3 is 0 Å². The van der Waals surface area contributed by atoms with Crippen molar-refractivity contribution in [1.82, 2.24) is 10.2 Å². The Bertz CT molecular complexity index is 1530. The number of nitrogens with zero attached hydrogens (tertiary/aromatic N) is 2. The van der Waals surface area contributed by atoms with Crippen LogP contribution in [0.15, 0.2) is 77.3 Å². The van der Waals surface area contributed by atoms with Crippen molar-refractivity contribution in [2.45, 2.75) is 70.0 Å². The van der Waals surface area contributed by atoms with Crippen LogP contribution in [0.4, 0.5) is 5.69 Å². The molecule has 1 aliphatic carbocycles. The summed E-state index contributed by atoms with van der Waals surface area (Å²) in [6.45, 7) is 0.247. The molecule has 0 bridgehead atoms. The first-order valence-electron chi connectivity index (χ1n) is 14.8. The fraction of sp³-hybridized carbons (Fsp3) is 0.394. The number of sulfonamides is 1. The van der Waals surface area contributed by atoms with Gasteiger partial charge in [0.15, 0.2) is 0 Å². The third-order valence-corrected chi connectivity index (χ3v) is 10.0. The lowest BCUT2D eigenvalue weighted by atomic mass is 9.94. The lowest BCUT2D eigenvalue weighted by Gasteiger charge is -2.34. The van der Waals surface area contributed by atoms with E-state index in [1.54, 1.807) is 17.0 Å². The fourth-order valence-electron chi connectivity index (χ4n) is 5.59. The molecule has 0 spiro atoms. The van der Waals surface area contributed by atoms with Crippen molar-refractivity contribution in [1.29, 1.82) is 0 Å². The van der Waals surface area contributed by atoms with Gasteiger partial charge in [-0.2, -0.15) is 0 Å². The van der Waals surface area contributed by atoms with Crippen LogP contribution in [0.2, 0.25) is 10.0 Å². The molecule has 0 aromatic heterocycles. The minimum atomic E-state index is -3.72. The molecule has 1 N–H and O–H groups in total. The molecule has 1 aliphatic rings. The average molecular weight is 724 g/mol. The molecular formula is C33H38BrCl2N3O4S. The summed E-state index contributed by atoms with van der Waals surface area (Å²) >= 11 is 16.0. The Balaban J connectivity index is 1.60. The van der Waals surface area contributed by atoms with Gasteiger partial charge in [0, 0.05) is 41.5 Å². The predicted octanol–water partition coefficient (Wildman–Crippen LogP) is 7.39. The van der Waals surface area contributed by atoms with Crippen molar-refractivity contribution in [2.24, 2.45) is 0 Å². The first-order chi connectivity index (χ1) is 21.0.